The first-order valence-electron chi connectivity index (χ1n) is 11.3. The van der Waals surface area contributed by atoms with Crippen LogP contribution in [0.3, 0.4) is 0 Å². The van der Waals surface area contributed by atoms with E-state index in [-0.39, 0.29) is 24.9 Å². The number of aliphatic hydroxyl groups is 1. The van der Waals surface area contributed by atoms with Crippen LogP contribution in [-0.2, 0) is 6.54 Å². The molecule has 1 aliphatic heterocycles. The zero-order chi connectivity index (χ0) is 24.4. The Hall–Kier alpha value is -4.05. The van der Waals surface area contributed by atoms with Gasteiger partial charge in [0.1, 0.15) is 24.0 Å². The summed E-state index contributed by atoms with van der Waals surface area (Å²) in [7, 11) is 0. The number of carbonyl (C=O) groups is 1. The van der Waals surface area contributed by atoms with E-state index in [2.05, 4.69) is 20.6 Å². The van der Waals surface area contributed by atoms with E-state index in [9.17, 15) is 13.6 Å². The topological polar surface area (TPSA) is 94.8 Å². The Balaban J connectivity index is 1.45. The number of pyridine rings is 2. The minimum absolute atomic E-state index is 0.0327. The average Bonchev–Trinajstić information content (AvgIpc) is 3.46. The first kappa shape index (κ1) is 22.7. The number of carbonyl (C=O) groups excluding carboxylic acids is 1. The van der Waals surface area contributed by atoms with E-state index in [4.69, 9.17) is 5.11 Å². The Morgan fingerprint density at radius 3 is 2.80 bits per heavy atom. The molecular weight excluding hydrogens is 454 g/mol. The summed E-state index contributed by atoms with van der Waals surface area (Å²) >= 11 is 0. The van der Waals surface area contributed by atoms with Crippen molar-refractivity contribution in [3.8, 4) is 11.3 Å². The monoisotopic (exact) mass is 478 g/mol. The Morgan fingerprint density at radius 1 is 1.14 bits per heavy atom. The van der Waals surface area contributed by atoms with Gasteiger partial charge in [-0.25, -0.2) is 18.7 Å². The van der Waals surface area contributed by atoms with E-state index in [0.717, 1.165) is 22.5 Å². The van der Waals surface area contributed by atoms with E-state index >= 15 is 0 Å². The number of hydrogen-bond acceptors (Lipinski definition) is 6. The maximum absolute atomic E-state index is 13.6. The number of benzene rings is 1. The second-order valence-electron chi connectivity index (χ2n) is 8.19. The summed E-state index contributed by atoms with van der Waals surface area (Å²) in [4.78, 5) is 23.3. The third-order valence-electron chi connectivity index (χ3n) is 6.03. The summed E-state index contributed by atoms with van der Waals surface area (Å²) in [5.74, 6) is -0.0222. The van der Waals surface area contributed by atoms with Crippen LogP contribution in [0.15, 0.2) is 55.0 Å². The molecule has 0 saturated heterocycles. The molecule has 0 unspecified atom stereocenters. The lowest BCUT2D eigenvalue weighted by Gasteiger charge is -2.23. The number of amides is 1. The van der Waals surface area contributed by atoms with Crippen molar-refractivity contribution in [3.05, 3.63) is 71.9 Å². The minimum atomic E-state index is -0.500. The molecule has 0 aliphatic carbocycles. The van der Waals surface area contributed by atoms with Crippen molar-refractivity contribution in [2.24, 2.45) is 0 Å². The van der Waals surface area contributed by atoms with Crippen LogP contribution < -0.4 is 15.5 Å². The molecule has 10 heteroatoms. The van der Waals surface area contributed by atoms with E-state index in [1.54, 1.807) is 29.1 Å². The lowest BCUT2D eigenvalue weighted by atomic mass is 9.99. The number of anilines is 3. The quantitative estimate of drug-likeness (QED) is 0.340. The fourth-order valence-corrected chi connectivity index (χ4v) is 4.37. The lowest BCUT2D eigenvalue weighted by molar-refractivity contribution is 0.0966. The molecule has 5 rings (SSSR count). The van der Waals surface area contributed by atoms with Crippen LogP contribution in [0.25, 0.3) is 16.9 Å². The Morgan fingerprint density at radius 2 is 2.03 bits per heavy atom. The van der Waals surface area contributed by atoms with E-state index in [1.807, 2.05) is 23.1 Å². The molecule has 1 aliphatic rings. The Labute approximate surface area is 200 Å². The van der Waals surface area contributed by atoms with Gasteiger partial charge >= 0.3 is 0 Å². The smallest absolute Gasteiger partial charge is 0.254 e. The van der Waals surface area contributed by atoms with Crippen molar-refractivity contribution in [2.45, 2.75) is 13.0 Å². The fraction of sp³-hybridized carbons (Fsp3) is 0.240. The van der Waals surface area contributed by atoms with E-state index in [0.29, 0.717) is 42.2 Å². The van der Waals surface area contributed by atoms with Crippen molar-refractivity contribution >= 4 is 28.7 Å². The molecule has 8 nitrogen and oxygen atoms in total. The third kappa shape index (κ3) is 4.40. The molecule has 4 aromatic rings. The molecule has 180 valence electrons. The van der Waals surface area contributed by atoms with Gasteiger partial charge in [-0.2, -0.15) is 0 Å². The van der Waals surface area contributed by atoms with Gasteiger partial charge in [-0.15, -0.1) is 0 Å². The summed E-state index contributed by atoms with van der Waals surface area (Å²) < 4.78 is 28.3. The summed E-state index contributed by atoms with van der Waals surface area (Å²) in [6.07, 6.45) is 5.46. The van der Waals surface area contributed by atoms with Gasteiger partial charge in [-0.05, 0) is 36.2 Å². The predicted molar refractivity (Wildman–Crippen MR) is 129 cm³/mol. The van der Waals surface area contributed by atoms with Crippen LogP contribution in [-0.4, -0.2) is 51.8 Å². The number of halogens is 2. The first-order valence-corrected chi connectivity index (χ1v) is 11.3. The molecule has 1 aromatic carbocycles. The minimum Gasteiger partial charge on any atom is -0.396 e. The summed E-state index contributed by atoms with van der Waals surface area (Å²) in [5.41, 5.74) is 4.78. The number of nitrogens with one attached hydrogen (secondary N) is 2. The molecular formula is C25H24F2N6O2. The standard InChI is InChI=1S/C25H24F2N6O2/c26-7-10-32(8-1-11-34)17-2-5-22(28-13-17)31-20-4-3-18(19-14-30-25(35)24(19)20)21-15-29-23-12-16(27)6-9-33(21)23/h2-6,9,12-13,15,34H,1,7-8,10-11,14H2,(H,28,31)(H,30,35). The Kier molecular flexibility index (Phi) is 6.28. The molecule has 3 N–H and O–H groups in total. The van der Waals surface area contributed by atoms with Crippen molar-refractivity contribution in [3.63, 3.8) is 0 Å². The Bertz CT molecular complexity index is 1370. The van der Waals surface area contributed by atoms with Gasteiger partial charge in [-0.1, -0.05) is 6.07 Å². The van der Waals surface area contributed by atoms with E-state index < -0.39 is 6.67 Å². The summed E-state index contributed by atoms with van der Waals surface area (Å²) in [5, 5.41) is 15.2. The highest BCUT2D eigenvalue weighted by Crippen LogP contribution is 2.35. The van der Waals surface area contributed by atoms with Crippen LogP contribution in [0.5, 0.6) is 0 Å². The maximum Gasteiger partial charge on any atom is 0.254 e. The predicted octanol–water partition coefficient (Wildman–Crippen LogP) is 3.68. The van der Waals surface area contributed by atoms with Gasteiger partial charge in [0.25, 0.3) is 5.91 Å². The lowest BCUT2D eigenvalue weighted by Crippen LogP contribution is -2.27. The average molecular weight is 479 g/mol. The number of fused-ring (bicyclic) bond motifs is 2. The normalized spacial score (nSPS) is 12.6. The first-order chi connectivity index (χ1) is 17.1. The summed E-state index contributed by atoms with van der Waals surface area (Å²) in [6, 6.07) is 10.0. The number of aliphatic hydroxyl groups excluding tert-OH is 1. The van der Waals surface area contributed by atoms with Gasteiger partial charge in [0.2, 0.25) is 0 Å². The zero-order valence-electron chi connectivity index (χ0n) is 18.8. The van der Waals surface area contributed by atoms with Crippen LogP contribution in [0, 0.1) is 5.82 Å². The molecule has 0 fully saturated rings. The molecule has 1 amide bonds. The van der Waals surface area contributed by atoms with Gasteiger partial charge in [0.15, 0.2) is 0 Å². The number of rotatable bonds is 9. The van der Waals surface area contributed by atoms with Crippen LogP contribution in [0.1, 0.15) is 22.3 Å². The highest BCUT2D eigenvalue weighted by molar-refractivity contribution is 6.06. The molecule has 0 atom stereocenters. The molecule has 0 radical (unpaired) electrons. The van der Waals surface area contributed by atoms with Gasteiger partial charge in [0.05, 0.1) is 35.0 Å². The second-order valence-corrected chi connectivity index (χ2v) is 8.19. The number of imidazole rings is 1. The third-order valence-corrected chi connectivity index (χ3v) is 6.03. The molecule has 3 aromatic heterocycles. The second kappa shape index (κ2) is 9.67. The van der Waals surface area contributed by atoms with Crippen LogP contribution >= 0.6 is 0 Å². The van der Waals surface area contributed by atoms with Crippen molar-refractivity contribution < 1.29 is 18.7 Å². The molecule has 0 spiro atoms. The van der Waals surface area contributed by atoms with Crippen molar-refractivity contribution in [2.75, 3.05) is 36.6 Å². The highest BCUT2D eigenvalue weighted by atomic mass is 19.1. The SMILES string of the molecule is O=C1NCc2c(-c3cnc4cc(F)ccn34)ccc(Nc3ccc(N(CCF)CCCO)cn3)c21. The summed E-state index contributed by atoms with van der Waals surface area (Å²) in [6.45, 7) is 0.647. The maximum atomic E-state index is 13.6. The molecule has 0 saturated carbocycles. The van der Waals surface area contributed by atoms with Crippen LogP contribution in [0.4, 0.5) is 26.0 Å². The molecule has 4 heterocycles. The largest absolute Gasteiger partial charge is 0.396 e. The van der Waals surface area contributed by atoms with Gasteiger partial charge < -0.3 is 20.6 Å². The van der Waals surface area contributed by atoms with E-state index in [1.165, 1.54) is 12.1 Å². The van der Waals surface area contributed by atoms with Gasteiger partial charge in [-0.3, -0.25) is 9.20 Å². The number of hydrogen-bond donors (Lipinski definition) is 3. The number of nitrogens with zero attached hydrogens (tertiary/aromatic N) is 4. The van der Waals surface area contributed by atoms with Gasteiger partial charge in [0, 0.05) is 44.1 Å². The number of aromatic nitrogens is 3. The van der Waals surface area contributed by atoms with Crippen LogP contribution in [0.2, 0.25) is 0 Å². The number of alkyl halides is 1. The molecule has 0 bridgehead atoms. The van der Waals surface area contributed by atoms with Crippen molar-refractivity contribution in [1.29, 1.82) is 0 Å². The fourth-order valence-electron chi connectivity index (χ4n) is 4.37. The zero-order valence-corrected chi connectivity index (χ0v) is 18.8. The molecule has 35 heavy (non-hydrogen) atoms. The van der Waals surface area contributed by atoms with Crippen molar-refractivity contribution in [1.82, 2.24) is 19.7 Å². The highest BCUT2D eigenvalue weighted by Gasteiger charge is 2.27.